The van der Waals surface area contributed by atoms with Crippen LogP contribution < -0.4 is 10.1 Å². The SMILES string of the molecule is COC(=O)c1ccc(CN2C(=O)N/C(=C\c3cccc([N+](=O)[O-])c3OC(C)=O)C2=O)o1. The van der Waals surface area contributed by atoms with Crippen LogP contribution in [0.5, 0.6) is 5.75 Å². The monoisotopic (exact) mass is 429 g/mol. The fraction of sp³-hybridized carbons (Fsp3) is 0.158. The number of methoxy groups -OCH3 is 1. The molecule has 3 amide bonds. The highest BCUT2D eigenvalue weighted by molar-refractivity contribution is 6.14. The number of furan rings is 1. The molecule has 1 aromatic heterocycles. The summed E-state index contributed by atoms with van der Waals surface area (Å²) in [7, 11) is 1.18. The largest absolute Gasteiger partial charge is 0.463 e. The first-order valence-electron chi connectivity index (χ1n) is 8.68. The molecule has 0 radical (unpaired) electrons. The Hall–Kier alpha value is -4.48. The second kappa shape index (κ2) is 8.49. The van der Waals surface area contributed by atoms with Crippen LogP contribution in [0.4, 0.5) is 10.5 Å². The zero-order valence-electron chi connectivity index (χ0n) is 16.2. The molecule has 160 valence electrons. The molecular weight excluding hydrogens is 414 g/mol. The third-order valence-electron chi connectivity index (χ3n) is 4.09. The minimum atomic E-state index is -0.795. The Bertz CT molecular complexity index is 1130. The number of hydrogen-bond donors (Lipinski definition) is 1. The van der Waals surface area contributed by atoms with Gasteiger partial charge in [-0.1, -0.05) is 12.1 Å². The van der Waals surface area contributed by atoms with Gasteiger partial charge in [0.15, 0.2) is 0 Å². The summed E-state index contributed by atoms with van der Waals surface area (Å²) in [4.78, 5) is 59.1. The molecule has 2 aromatic rings. The van der Waals surface area contributed by atoms with Gasteiger partial charge in [-0.05, 0) is 18.2 Å². The smallest absolute Gasteiger partial charge is 0.373 e. The first-order chi connectivity index (χ1) is 14.7. The fourth-order valence-corrected chi connectivity index (χ4v) is 2.75. The van der Waals surface area contributed by atoms with Crippen LogP contribution in [-0.2, 0) is 20.9 Å². The van der Waals surface area contributed by atoms with Crippen LogP contribution in [0.1, 0.15) is 28.8 Å². The lowest BCUT2D eigenvalue weighted by Gasteiger charge is -2.09. The quantitative estimate of drug-likeness (QED) is 0.181. The number of esters is 2. The van der Waals surface area contributed by atoms with Crippen molar-refractivity contribution in [1.82, 2.24) is 10.2 Å². The minimum absolute atomic E-state index is 0.0425. The third-order valence-corrected chi connectivity index (χ3v) is 4.09. The van der Waals surface area contributed by atoms with Gasteiger partial charge in [0.2, 0.25) is 11.5 Å². The van der Waals surface area contributed by atoms with Crippen molar-refractivity contribution in [2.45, 2.75) is 13.5 Å². The molecule has 0 bridgehead atoms. The maximum absolute atomic E-state index is 12.7. The van der Waals surface area contributed by atoms with Crippen molar-refractivity contribution < 1.29 is 38.0 Å². The number of benzene rings is 1. The lowest BCUT2D eigenvalue weighted by atomic mass is 10.1. The summed E-state index contributed by atoms with van der Waals surface area (Å²) >= 11 is 0. The summed E-state index contributed by atoms with van der Waals surface area (Å²) in [6, 6.07) is 5.84. The number of rotatable bonds is 6. The molecule has 0 aliphatic carbocycles. The van der Waals surface area contributed by atoms with E-state index in [9.17, 15) is 29.3 Å². The Balaban J connectivity index is 1.89. The predicted molar refractivity (Wildman–Crippen MR) is 102 cm³/mol. The van der Waals surface area contributed by atoms with Crippen molar-refractivity contribution in [3.63, 3.8) is 0 Å². The molecule has 0 saturated carbocycles. The van der Waals surface area contributed by atoms with Crippen LogP contribution in [0.3, 0.4) is 0 Å². The van der Waals surface area contributed by atoms with E-state index in [-0.39, 0.29) is 35.1 Å². The molecule has 0 atom stereocenters. The number of para-hydroxylation sites is 1. The van der Waals surface area contributed by atoms with Gasteiger partial charge in [0, 0.05) is 18.6 Å². The molecule has 12 nitrogen and oxygen atoms in total. The van der Waals surface area contributed by atoms with E-state index in [1.165, 1.54) is 31.4 Å². The van der Waals surface area contributed by atoms with Crippen LogP contribution in [0.25, 0.3) is 6.08 Å². The lowest BCUT2D eigenvalue weighted by Crippen LogP contribution is -2.30. The number of carbonyl (C=O) groups is 4. The van der Waals surface area contributed by atoms with Gasteiger partial charge in [0.1, 0.15) is 11.5 Å². The van der Waals surface area contributed by atoms with Gasteiger partial charge in [-0.2, -0.15) is 0 Å². The van der Waals surface area contributed by atoms with Gasteiger partial charge < -0.3 is 19.2 Å². The minimum Gasteiger partial charge on any atom is -0.463 e. The summed E-state index contributed by atoms with van der Waals surface area (Å²) in [5.74, 6) is -2.56. The lowest BCUT2D eigenvalue weighted by molar-refractivity contribution is -0.385. The van der Waals surface area contributed by atoms with E-state index < -0.39 is 34.5 Å². The number of ether oxygens (including phenoxy) is 2. The van der Waals surface area contributed by atoms with Crippen LogP contribution >= 0.6 is 0 Å². The van der Waals surface area contributed by atoms with Crippen molar-refractivity contribution in [2.75, 3.05) is 7.11 Å². The van der Waals surface area contributed by atoms with Gasteiger partial charge in [-0.25, -0.2) is 9.59 Å². The zero-order valence-corrected chi connectivity index (χ0v) is 16.2. The highest BCUT2D eigenvalue weighted by atomic mass is 16.6. The molecule has 1 aliphatic rings. The van der Waals surface area contributed by atoms with Crippen molar-refractivity contribution in [2.24, 2.45) is 0 Å². The van der Waals surface area contributed by atoms with E-state index >= 15 is 0 Å². The van der Waals surface area contributed by atoms with Crippen molar-refractivity contribution in [1.29, 1.82) is 0 Å². The summed E-state index contributed by atoms with van der Waals surface area (Å²) in [6.45, 7) is 0.800. The number of amides is 3. The Labute approximate surface area is 174 Å². The highest BCUT2D eigenvalue weighted by Crippen LogP contribution is 2.33. The Morgan fingerprint density at radius 2 is 2.00 bits per heavy atom. The van der Waals surface area contributed by atoms with E-state index in [1.807, 2.05) is 0 Å². The Morgan fingerprint density at radius 1 is 1.26 bits per heavy atom. The maximum atomic E-state index is 12.7. The van der Waals surface area contributed by atoms with E-state index in [2.05, 4.69) is 10.1 Å². The number of nitro groups is 1. The van der Waals surface area contributed by atoms with Crippen LogP contribution in [0.15, 0.2) is 40.4 Å². The van der Waals surface area contributed by atoms with E-state index in [4.69, 9.17) is 9.15 Å². The topological polar surface area (TPSA) is 158 Å². The molecule has 1 saturated heterocycles. The molecule has 1 aromatic carbocycles. The number of nitrogens with zero attached hydrogens (tertiary/aromatic N) is 2. The summed E-state index contributed by atoms with van der Waals surface area (Å²) in [5.41, 5.74) is -0.636. The first kappa shape index (κ1) is 21.2. The van der Waals surface area contributed by atoms with Gasteiger partial charge in [-0.15, -0.1) is 0 Å². The second-order valence-corrected chi connectivity index (χ2v) is 6.18. The first-order valence-corrected chi connectivity index (χ1v) is 8.68. The van der Waals surface area contributed by atoms with Crippen LogP contribution in [0.2, 0.25) is 0 Å². The predicted octanol–water partition coefficient (Wildman–Crippen LogP) is 1.99. The van der Waals surface area contributed by atoms with Gasteiger partial charge >= 0.3 is 23.7 Å². The Morgan fingerprint density at radius 3 is 2.65 bits per heavy atom. The van der Waals surface area contributed by atoms with Gasteiger partial charge in [0.25, 0.3) is 5.91 Å². The summed E-state index contributed by atoms with van der Waals surface area (Å²) in [5, 5.41) is 13.6. The average molecular weight is 429 g/mol. The number of hydrogen-bond acceptors (Lipinski definition) is 9. The standard InChI is InChI=1S/C19H15N3O9/c1-10(23)30-16-11(4-3-5-14(16)22(27)28)8-13-17(24)21(19(26)20-13)9-12-6-7-15(31-12)18(25)29-2/h3-8H,9H2,1-2H3,(H,20,26)/b13-8-. The molecule has 2 heterocycles. The van der Waals surface area contributed by atoms with Gasteiger partial charge in [0.05, 0.1) is 18.6 Å². The van der Waals surface area contributed by atoms with Crippen LogP contribution in [0, 0.1) is 10.1 Å². The second-order valence-electron chi connectivity index (χ2n) is 6.18. The van der Waals surface area contributed by atoms with E-state index in [1.54, 1.807) is 0 Å². The third kappa shape index (κ3) is 4.42. The van der Waals surface area contributed by atoms with Crippen molar-refractivity contribution in [3.8, 4) is 5.75 Å². The molecule has 1 N–H and O–H groups in total. The molecular formula is C19H15N3O9. The van der Waals surface area contributed by atoms with Gasteiger partial charge in [-0.3, -0.25) is 24.6 Å². The molecule has 0 spiro atoms. The summed E-state index contributed by atoms with van der Waals surface area (Å²) < 4.78 is 14.7. The molecule has 31 heavy (non-hydrogen) atoms. The van der Waals surface area contributed by atoms with Crippen molar-refractivity contribution in [3.05, 3.63) is 63.2 Å². The zero-order chi connectivity index (χ0) is 22.7. The van der Waals surface area contributed by atoms with Crippen molar-refractivity contribution >= 4 is 35.6 Å². The number of urea groups is 1. The molecule has 0 unspecified atom stereocenters. The number of imide groups is 1. The molecule has 1 aliphatic heterocycles. The van der Waals surface area contributed by atoms with Crippen LogP contribution in [-0.4, -0.2) is 40.8 Å². The number of nitro benzene ring substituents is 1. The number of nitrogens with one attached hydrogen (secondary N) is 1. The maximum Gasteiger partial charge on any atom is 0.373 e. The van der Waals surface area contributed by atoms with E-state index in [0.717, 1.165) is 24.0 Å². The average Bonchev–Trinajstić information content (AvgIpc) is 3.28. The molecule has 3 rings (SSSR count). The molecule has 12 heteroatoms. The normalized spacial score (nSPS) is 14.5. The Kier molecular flexibility index (Phi) is 5.81. The molecule has 1 fully saturated rings. The van der Waals surface area contributed by atoms with E-state index in [0.29, 0.717) is 0 Å². The summed E-state index contributed by atoms with van der Waals surface area (Å²) in [6.07, 6.45) is 1.16. The highest BCUT2D eigenvalue weighted by Gasteiger charge is 2.35. The number of carbonyl (C=O) groups excluding carboxylic acids is 4. The fourth-order valence-electron chi connectivity index (χ4n) is 2.75.